The van der Waals surface area contributed by atoms with Gasteiger partial charge in [0, 0.05) is 65.1 Å². The number of amides is 5. The summed E-state index contributed by atoms with van der Waals surface area (Å²) in [7, 11) is -3.70. The Morgan fingerprint density at radius 1 is 0.974 bits per heavy atom. The first-order valence-corrected chi connectivity index (χ1v) is 29.0. The van der Waals surface area contributed by atoms with Crippen LogP contribution in [0.15, 0.2) is 89.2 Å². The number of sulfone groups is 1. The van der Waals surface area contributed by atoms with Crippen molar-refractivity contribution in [1.82, 2.24) is 25.4 Å². The molecule has 1 aliphatic carbocycles. The molecule has 4 aromatic carbocycles. The van der Waals surface area contributed by atoms with Crippen LogP contribution in [-0.2, 0) is 48.4 Å². The van der Waals surface area contributed by atoms with Crippen LogP contribution in [0.4, 0.5) is 15.8 Å². The molecule has 77 heavy (non-hydrogen) atoms. The smallest absolute Gasteiger partial charge is 0.255 e. The van der Waals surface area contributed by atoms with Crippen LogP contribution in [0.3, 0.4) is 0 Å². The van der Waals surface area contributed by atoms with Crippen LogP contribution in [-0.4, -0.2) is 88.5 Å². The number of fused-ring (bicyclic) bond motifs is 1. The predicted molar refractivity (Wildman–Crippen MR) is 293 cm³/mol. The highest BCUT2D eigenvalue weighted by atomic mass is 35.5. The number of thiazole rings is 1. The molecule has 15 nitrogen and oxygen atoms in total. The quantitative estimate of drug-likeness (QED) is 0.0487. The average molecular weight is 1110 g/mol. The molecule has 5 atom stereocenters. The summed E-state index contributed by atoms with van der Waals surface area (Å²) in [5.74, 6) is -1.85. The third kappa shape index (κ3) is 12.0. The Balaban J connectivity index is 0.831. The van der Waals surface area contributed by atoms with Gasteiger partial charge < -0.3 is 19.9 Å². The molecule has 19 heteroatoms. The summed E-state index contributed by atoms with van der Waals surface area (Å²) in [5.41, 5.74) is 4.78. The molecule has 5 aromatic rings. The predicted octanol–water partition coefficient (Wildman–Crippen LogP) is 10.5. The maximum atomic E-state index is 15.5. The van der Waals surface area contributed by atoms with Gasteiger partial charge in [0.25, 0.3) is 5.91 Å². The molecular formula is C58H65ClFN7O8S2. The summed E-state index contributed by atoms with van der Waals surface area (Å²) >= 11 is 8.00. The Labute approximate surface area is 458 Å². The van der Waals surface area contributed by atoms with Gasteiger partial charge in [-0.15, -0.1) is 11.3 Å². The highest BCUT2D eigenvalue weighted by molar-refractivity contribution is 7.92. The SMILES string of the molecule is Cc1ccc([C@@H]2[C@@H](c3cccc(Cl)c3)C[C@](C)(Cc3ncc(CC(=O)NCCCOc4c(C)cc(N=Nc5cccc6c5CN(C5CCC(=O)NC5=O)C6=O)cc4C)s3)C(=O)N2[C@H](CS(=O)(=O)C(C)(C)C)C2CC2)cc1F. The number of benzene rings is 4. The Morgan fingerprint density at radius 3 is 2.40 bits per heavy atom. The second-order valence-electron chi connectivity index (χ2n) is 22.3. The van der Waals surface area contributed by atoms with Crippen molar-refractivity contribution in [1.29, 1.82) is 0 Å². The molecule has 0 bridgehead atoms. The van der Waals surface area contributed by atoms with Gasteiger partial charge in [0.2, 0.25) is 23.6 Å². The van der Waals surface area contributed by atoms with Gasteiger partial charge in [-0.05, 0) is 150 Å². The number of hydrogen-bond donors (Lipinski definition) is 2. The van der Waals surface area contributed by atoms with Crippen LogP contribution >= 0.6 is 22.9 Å². The zero-order valence-electron chi connectivity index (χ0n) is 44.5. The van der Waals surface area contributed by atoms with Gasteiger partial charge >= 0.3 is 0 Å². The molecule has 2 saturated heterocycles. The van der Waals surface area contributed by atoms with E-state index in [0.717, 1.165) is 34.4 Å². The number of aromatic nitrogens is 1. The number of rotatable bonds is 18. The number of imide groups is 1. The number of carbonyl (C=O) groups excluding carboxylic acids is 5. The Hall–Kier alpha value is -6.37. The minimum absolute atomic E-state index is 0.0413. The lowest BCUT2D eigenvalue weighted by Gasteiger charge is -2.52. The van der Waals surface area contributed by atoms with Crippen molar-refractivity contribution in [3.05, 3.63) is 139 Å². The number of azo groups is 1. The lowest BCUT2D eigenvalue weighted by atomic mass is 9.67. The molecule has 9 rings (SSSR count). The van der Waals surface area contributed by atoms with Crippen molar-refractivity contribution in [3.8, 4) is 5.75 Å². The number of nitrogens with one attached hydrogen (secondary N) is 2. The second-order valence-corrected chi connectivity index (χ2v) is 26.8. The lowest BCUT2D eigenvalue weighted by molar-refractivity contribution is -0.154. The zero-order chi connectivity index (χ0) is 55.1. The summed E-state index contributed by atoms with van der Waals surface area (Å²) in [4.78, 5) is 75.1. The van der Waals surface area contributed by atoms with Crippen molar-refractivity contribution in [2.45, 2.75) is 135 Å². The van der Waals surface area contributed by atoms with E-state index in [0.29, 0.717) is 75.4 Å². The van der Waals surface area contributed by atoms with E-state index in [1.165, 1.54) is 22.3 Å². The molecule has 0 radical (unpaired) electrons. The first-order valence-electron chi connectivity index (χ1n) is 26.2. The van der Waals surface area contributed by atoms with E-state index in [-0.39, 0.29) is 73.4 Å². The highest BCUT2D eigenvalue weighted by Gasteiger charge is 2.55. The number of aryl methyl sites for hydroxylation is 3. The molecule has 1 unspecified atom stereocenters. The van der Waals surface area contributed by atoms with Crippen molar-refractivity contribution in [3.63, 3.8) is 0 Å². The Kier molecular flexibility index (Phi) is 15.9. The topological polar surface area (TPSA) is 197 Å². The summed E-state index contributed by atoms with van der Waals surface area (Å²) in [5, 5.41) is 15.5. The molecule has 3 aliphatic heterocycles. The molecule has 3 fully saturated rings. The largest absolute Gasteiger partial charge is 0.493 e. The number of nitrogens with zero attached hydrogens (tertiary/aromatic N) is 5. The van der Waals surface area contributed by atoms with Gasteiger partial charge in [0.1, 0.15) is 17.6 Å². The summed E-state index contributed by atoms with van der Waals surface area (Å²) in [6.07, 6.45) is 4.88. The van der Waals surface area contributed by atoms with E-state index < -0.39 is 49.8 Å². The van der Waals surface area contributed by atoms with E-state index >= 15 is 9.18 Å². The fraction of sp³-hybridized carbons (Fsp3) is 0.448. The first kappa shape index (κ1) is 55.4. The molecule has 5 amide bonds. The number of halogens is 2. The number of ether oxygens (including phenoxy) is 1. The van der Waals surface area contributed by atoms with Crippen LogP contribution in [0, 0.1) is 37.9 Å². The minimum atomic E-state index is -3.70. The average Bonchev–Trinajstić information content (AvgIpc) is 4.21. The molecule has 4 heterocycles. The van der Waals surface area contributed by atoms with E-state index in [4.69, 9.17) is 21.3 Å². The van der Waals surface area contributed by atoms with Crippen LogP contribution in [0.5, 0.6) is 5.75 Å². The lowest BCUT2D eigenvalue weighted by Crippen LogP contribution is -2.59. The monoisotopic (exact) mass is 1110 g/mol. The zero-order valence-corrected chi connectivity index (χ0v) is 46.8. The van der Waals surface area contributed by atoms with Crippen molar-refractivity contribution < 1.29 is 41.5 Å². The van der Waals surface area contributed by atoms with E-state index in [1.54, 1.807) is 69.1 Å². The standard InChI is InChI=1S/C58H65ClFN7O8S2/c1-33-15-16-38(26-45(33)60)52-43(37-11-8-12-39(59)25-37)28-58(7,56(72)67(52)48(36-17-18-36)32-77(73,74)57(4,5)6)29-51-62-30-41(76-51)27-50(69)61-21-10-22-75-53-34(2)23-40(24-35(53)3)64-65-46-14-9-13-42-44(46)31-66(55(42)71)47-19-20-49(68)63-54(47)70/h8-9,11-16,23-26,30,36,43,47-48,52H,10,17-22,27-29,31-32H2,1-7H3,(H,61,69)(H,63,68,70)/t43-,47?,48-,52-,58-/m1/s1. The van der Waals surface area contributed by atoms with Crippen molar-refractivity contribution >= 4 is 73.7 Å². The first-order chi connectivity index (χ1) is 36.5. The summed E-state index contributed by atoms with van der Waals surface area (Å²) in [6.45, 7) is 13.4. The minimum Gasteiger partial charge on any atom is -0.493 e. The van der Waals surface area contributed by atoms with Gasteiger partial charge in [0.05, 0.1) is 51.4 Å². The third-order valence-corrected chi connectivity index (χ3v) is 19.3. The summed E-state index contributed by atoms with van der Waals surface area (Å²) < 4.78 is 48.8. The van der Waals surface area contributed by atoms with Gasteiger partial charge in [-0.2, -0.15) is 10.2 Å². The Morgan fingerprint density at radius 2 is 1.71 bits per heavy atom. The van der Waals surface area contributed by atoms with Gasteiger partial charge in [-0.3, -0.25) is 29.3 Å². The van der Waals surface area contributed by atoms with Crippen LogP contribution in [0.25, 0.3) is 0 Å². The molecule has 406 valence electrons. The molecule has 1 aromatic heterocycles. The van der Waals surface area contributed by atoms with Crippen LogP contribution in [0.1, 0.15) is 132 Å². The highest BCUT2D eigenvalue weighted by Crippen LogP contribution is 2.54. The molecule has 1 saturated carbocycles. The fourth-order valence-corrected chi connectivity index (χ4v) is 13.7. The number of likely N-dealkylation sites (tertiary alicyclic amines) is 1. The normalized spacial score (nSPS) is 21.4. The van der Waals surface area contributed by atoms with Crippen molar-refractivity contribution in [2.24, 2.45) is 21.6 Å². The molecular weight excluding hydrogens is 1040 g/mol. The maximum absolute atomic E-state index is 15.5. The summed E-state index contributed by atoms with van der Waals surface area (Å²) in [6, 6.07) is 19.4. The molecule has 2 N–H and O–H groups in total. The van der Waals surface area contributed by atoms with Gasteiger partial charge in [-0.25, -0.2) is 17.8 Å². The molecule has 0 spiro atoms. The van der Waals surface area contributed by atoms with Crippen LogP contribution < -0.4 is 15.4 Å². The third-order valence-electron chi connectivity index (χ3n) is 15.4. The fourth-order valence-electron chi connectivity index (χ4n) is 11.0. The van der Waals surface area contributed by atoms with Gasteiger partial charge in [-0.1, -0.05) is 48.9 Å². The number of carbonyl (C=O) groups is 5. The molecule has 4 aliphatic rings. The second kappa shape index (κ2) is 22.2. The van der Waals surface area contributed by atoms with E-state index in [9.17, 15) is 27.6 Å². The van der Waals surface area contributed by atoms with E-state index in [1.807, 2.05) is 57.2 Å². The van der Waals surface area contributed by atoms with Crippen molar-refractivity contribution in [2.75, 3.05) is 18.9 Å². The van der Waals surface area contributed by atoms with Gasteiger partial charge in [0.15, 0.2) is 9.84 Å². The number of hydrogen-bond acceptors (Lipinski definition) is 12. The number of piperidine rings is 2. The van der Waals surface area contributed by atoms with Crippen LogP contribution in [0.2, 0.25) is 5.02 Å². The maximum Gasteiger partial charge on any atom is 0.255 e. The van der Waals surface area contributed by atoms with E-state index in [2.05, 4.69) is 20.9 Å². The Bertz CT molecular complexity index is 3280.